The summed E-state index contributed by atoms with van der Waals surface area (Å²) in [6, 6.07) is 9.86. The monoisotopic (exact) mass is 506 g/mol. The van der Waals surface area contributed by atoms with Crippen molar-refractivity contribution in [3.8, 4) is 11.4 Å². The standard InChI is InChI=1S/C22H18F4N6O2S/c23-14-5-8-19-30-20(12-1-2-12)21(32(19)11-14)17-9-16(31-35(27,33)34)10-18(29-17)28-15-6-3-13(4-7-15)22(24,25)26/h3-12H,1-2H2,(H2,27,33,34)(H2,28,29,31). The number of fused-ring (bicyclic) bond motifs is 1. The number of hydrogen-bond donors (Lipinski definition) is 3. The lowest BCUT2D eigenvalue weighted by molar-refractivity contribution is -0.137. The van der Waals surface area contributed by atoms with Crippen molar-refractivity contribution in [2.24, 2.45) is 5.14 Å². The highest BCUT2D eigenvalue weighted by Crippen LogP contribution is 2.44. The molecule has 182 valence electrons. The first kappa shape index (κ1) is 23.1. The molecule has 13 heteroatoms. The third-order valence-corrected chi connectivity index (χ3v) is 5.91. The van der Waals surface area contributed by atoms with Crippen LogP contribution < -0.4 is 15.2 Å². The van der Waals surface area contributed by atoms with E-state index in [1.54, 1.807) is 0 Å². The number of halogens is 4. The van der Waals surface area contributed by atoms with Crippen LogP contribution in [0.1, 0.15) is 30.0 Å². The zero-order valence-corrected chi connectivity index (χ0v) is 18.7. The predicted molar refractivity (Wildman–Crippen MR) is 122 cm³/mol. The second kappa shape index (κ2) is 8.20. The normalized spacial score (nSPS) is 14.3. The molecule has 0 saturated heterocycles. The number of hydrogen-bond acceptors (Lipinski definition) is 5. The molecule has 1 saturated carbocycles. The Balaban J connectivity index is 1.62. The lowest BCUT2D eigenvalue weighted by Crippen LogP contribution is -2.21. The zero-order valence-electron chi connectivity index (χ0n) is 17.8. The maximum Gasteiger partial charge on any atom is 0.416 e. The molecule has 0 atom stereocenters. The molecule has 4 N–H and O–H groups in total. The van der Waals surface area contributed by atoms with Crippen LogP contribution in [0.4, 0.5) is 34.8 Å². The summed E-state index contributed by atoms with van der Waals surface area (Å²) in [4.78, 5) is 9.14. The Morgan fingerprint density at radius 3 is 2.34 bits per heavy atom. The number of nitrogens with two attached hydrogens (primary N) is 1. The molecule has 35 heavy (non-hydrogen) atoms. The molecule has 4 aromatic rings. The topological polar surface area (TPSA) is 114 Å². The van der Waals surface area contributed by atoms with E-state index >= 15 is 0 Å². The molecule has 1 aromatic carbocycles. The van der Waals surface area contributed by atoms with Crippen molar-refractivity contribution < 1.29 is 26.0 Å². The third-order valence-electron chi connectivity index (χ3n) is 5.39. The molecule has 0 aliphatic heterocycles. The van der Waals surface area contributed by atoms with Gasteiger partial charge in [0.25, 0.3) is 10.2 Å². The highest BCUT2D eigenvalue weighted by Gasteiger charge is 2.32. The van der Waals surface area contributed by atoms with Gasteiger partial charge in [0.15, 0.2) is 0 Å². The molecule has 3 aromatic heterocycles. The fraction of sp³-hybridized carbons (Fsp3) is 0.182. The summed E-state index contributed by atoms with van der Waals surface area (Å²) < 4.78 is 79.8. The van der Waals surface area contributed by atoms with Gasteiger partial charge in [0, 0.05) is 23.9 Å². The van der Waals surface area contributed by atoms with Crippen LogP contribution in [-0.4, -0.2) is 22.8 Å². The summed E-state index contributed by atoms with van der Waals surface area (Å²) in [5, 5.41) is 8.02. The van der Waals surface area contributed by atoms with Gasteiger partial charge in [0.2, 0.25) is 0 Å². The van der Waals surface area contributed by atoms with E-state index in [9.17, 15) is 26.0 Å². The van der Waals surface area contributed by atoms with E-state index in [1.165, 1.54) is 47.0 Å². The minimum Gasteiger partial charge on any atom is -0.340 e. The van der Waals surface area contributed by atoms with Gasteiger partial charge in [-0.2, -0.15) is 21.6 Å². The summed E-state index contributed by atoms with van der Waals surface area (Å²) in [5.74, 6) is -0.224. The lowest BCUT2D eigenvalue weighted by Gasteiger charge is -2.13. The second-order valence-corrected chi connectivity index (χ2v) is 9.46. The van der Waals surface area contributed by atoms with Crippen LogP contribution in [0.25, 0.3) is 17.0 Å². The van der Waals surface area contributed by atoms with Gasteiger partial charge in [0.05, 0.1) is 28.3 Å². The Labute approximate surface area is 197 Å². The van der Waals surface area contributed by atoms with Gasteiger partial charge in [-0.1, -0.05) is 0 Å². The number of benzene rings is 1. The molecule has 0 radical (unpaired) electrons. The first-order valence-corrected chi connectivity index (χ1v) is 12.0. The van der Waals surface area contributed by atoms with Gasteiger partial charge in [-0.25, -0.2) is 19.5 Å². The van der Waals surface area contributed by atoms with Gasteiger partial charge in [-0.15, -0.1) is 0 Å². The highest BCUT2D eigenvalue weighted by molar-refractivity contribution is 7.90. The number of rotatable bonds is 6. The Kier molecular flexibility index (Phi) is 5.40. The number of nitrogens with one attached hydrogen (secondary N) is 2. The number of aromatic nitrogens is 3. The molecule has 8 nitrogen and oxygen atoms in total. The van der Waals surface area contributed by atoms with Gasteiger partial charge >= 0.3 is 6.18 Å². The van der Waals surface area contributed by atoms with Crippen LogP contribution in [0.15, 0.2) is 54.7 Å². The molecule has 0 spiro atoms. The van der Waals surface area contributed by atoms with Crippen molar-refractivity contribution in [1.29, 1.82) is 0 Å². The number of imidazole rings is 1. The first-order chi connectivity index (χ1) is 16.5. The minimum absolute atomic E-state index is 0.0556. The van der Waals surface area contributed by atoms with E-state index < -0.39 is 27.8 Å². The van der Waals surface area contributed by atoms with E-state index in [1.807, 2.05) is 0 Å². The molecule has 1 aliphatic carbocycles. The fourth-order valence-electron chi connectivity index (χ4n) is 3.76. The summed E-state index contributed by atoms with van der Waals surface area (Å²) in [5.41, 5.74) is 1.46. The Hall–Kier alpha value is -3.71. The van der Waals surface area contributed by atoms with Gasteiger partial charge in [-0.05, 0) is 55.3 Å². The summed E-state index contributed by atoms with van der Waals surface area (Å²) in [6.07, 6.45) is -1.44. The van der Waals surface area contributed by atoms with E-state index in [-0.39, 0.29) is 28.8 Å². The van der Waals surface area contributed by atoms with Crippen molar-refractivity contribution >= 4 is 33.0 Å². The van der Waals surface area contributed by atoms with Crippen LogP contribution in [0, 0.1) is 5.82 Å². The Morgan fingerprint density at radius 2 is 1.71 bits per heavy atom. The number of nitrogens with zero attached hydrogens (tertiary/aromatic N) is 3. The summed E-state index contributed by atoms with van der Waals surface area (Å²) in [7, 11) is -4.15. The van der Waals surface area contributed by atoms with Crippen molar-refractivity contribution in [2.75, 3.05) is 10.0 Å². The van der Waals surface area contributed by atoms with Crippen molar-refractivity contribution in [2.45, 2.75) is 24.9 Å². The van der Waals surface area contributed by atoms with Crippen molar-refractivity contribution in [3.05, 3.63) is 71.8 Å². The van der Waals surface area contributed by atoms with Gasteiger partial charge in [-0.3, -0.25) is 9.12 Å². The van der Waals surface area contributed by atoms with Crippen LogP contribution in [0.2, 0.25) is 0 Å². The minimum atomic E-state index is -4.49. The zero-order chi connectivity index (χ0) is 25.0. The molecular weight excluding hydrogens is 488 g/mol. The van der Waals surface area contributed by atoms with E-state index in [0.717, 1.165) is 25.0 Å². The van der Waals surface area contributed by atoms with E-state index in [2.05, 4.69) is 20.0 Å². The second-order valence-electron chi connectivity index (χ2n) is 8.17. The van der Waals surface area contributed by atoms with Gasteiger partial charge < -0.3 is 5.32 Å². The SMILES string of the molecule is NS(=O)(=O)Nc1cc(Nc2ccc(C(F)(F)F)cc2)nc(-c2c(C3CC3)nc3ccc(F)cn23)c1. The molecule has 1 aliphatic rings. The van der Waals surface area contributed by atoms with E-state index in [4.69, 9.17) is 5.14 Å². The fourth-order valence-corrected chi connectivity index (χ4v) is 4.21. The van der Waals surface area contributed by atoms with Crippen LogP contribution in [0.5, 0.6) is 0 Å². The molecule has 3 heterocycles. The number of anilines is 3. The molecular formula is C22H18F4N6O2S. The molecule has 1 fully saturated rings. The number of alkyl halides is 3. The van der Waals surface area contributed by atoms with Crippen LogP contribution >= 0.6 is 0 Å². The van der Waals surface area contributed by atoms with Crippen LogP contribution in [0.3, 0.4) is 0 Å². The highest BCUT2D eigenvalue weighted by atomic mass is 32.2. The van der Waals surface area contributed by atoms with Crippen molar-refractivity contribution in [1.82, 2.24) is 14.4 Å². The maximum atomic E-state index is 14.1. The van der Waals surface area contributed by atoms with Crippen molar-refractivity contribution in [3.63, 3.8) is 0 Å². The molecule has 0 amide bonds. The Morgan fingerprint density at radius 1 is 1.00 bits per heavy atom. The Bertz CT molecular complexity index is 1530. The quantitative estimate of drug-likeness (QED) is 0.326. The largest absolute Gasteiger partial charge is 0.416 e. The molecule has 0 unspecified atom stereocenters. The van der Waals surface area contributed by atoms with Crippen LogP contribution in [-0.2, 0) is 16.4 Å². The van der Waals surface area contributed by atoms with E-state index in [0.29, 0.717) is 17.0 Å². The average Bonchev–Trinajstić information content (AvgIpc) is 3.52. The third kappa shape index (κ3) is 5.05. The molecule has 0 bridgehead atoms. The average molecular weight is 506 g/mol. The summed E-state index contributed by atoms with van der Waals surface area (Å²) >= 11 is 0. The van der Waals surface area contributed by atoms with Gasteiger partial charge in [0.1, 0.15) is 17.3 Å². The number of pyridine rings is 2. The smallest absolute Gasteiger partial charge is 0.340 e. The molecule has 5 rings (SSSR count). The maximum absolute atomic E-state index is 14.1. The summed E-state index contributed by atoms with van der Waals surface area (Å²) in [6.45, 7) is 0. The predicted octanol–water partition coefficient (Wildman–Crippen LogP) is 4.79. The lowest BCUT2D eigenvalue weighted by atomic mass is 10.1. The first-order valence-electron chi connectivity index (χ1n) is 10.4.